The number of allylic oxidation sites excluding steroid dienone is 10. The third-order valence-electron chi connectivity index (χ3n) is 10.8. The Morgan fingerprint density at radius 2 is 0.931 bits per heavy atom. The van der Waals surface area contributed by atoms with Crippen molar-refractivity contribution in [1.82, 2.24) is 5.32 Å². The number of aliphatic hydroxyl groups excluding tert-OH is 2. The lowest BCUT2D eigenvalue weighted by Crippen LogP contribution is -2.46. The van der Waals surface area contributed by atoms with E-state index in [4.69, 9.17) is 4.74 Å². The first-order valence-electron chi connectivity index (χ1n) is 24.5. The monoisotopic (exact) mass is 812 g/mol. The highest BCUT2D eigenvalue weighted by molar-refractivity contribution is 5.77. The van der Waals surface area contributed by atoms with Gasteiger partial charge in [0.2, 0.25) is 5.91 Å². The van der Waals surface area contributed by atoms with Gasteiger partial charge >= 0.3 is 5.97 Å². The molecular weight excluding hydrogens is 719 g/mol. The Morgan fingerprint density at radius 1 is 0.517 bits per heavy atom. The number of amides is 1. The zero-order chi connectivity index (χ0) is 42.4. The normalized spacial score (nSPS) is 13.8. The molecule has 0 aromatic heterocycles. The first-order chi connectivity index (χ1) is 28.5. The summed E-state index contributed by atoms with van der Waals surface area (Å²) in [6, 6.07) is -0.708. The maximum atomic E-state index is 13.2. The smallest absolute Gasteiger partial charge is 0.306 e. The van der Waals surface area contributed by atoms with Crippen molar-refractivity contribution in [1.29, 1.82) is 0 Å². The molecule has 0 rings (SSSR count). The third kappa shape index (κ3) is 40.3. The van der Waals surface area contributed by atoms with E-state index >= 15 is 0 Å². The van der Waals surface area contributed by atoms with Crippen molar-refractivity contribution in [3.63, 3.8) is 0 Å². The molecule has 0 aromatic carbocycles. The van der Waals surface area contributed by atoms with Crippen molar-refractivity contribution >= 4 is 11.9 Å². The number of rotatable bonds is 43. The Hall–Kier alpha value is -2.44. The molecule has 0 heterocycles. The molecule has 0 saturated heterocycles. The van der Waals surface area contributed by atoms with Crippen LogP contribution < -0.4 is 5.32 Å². The molecule has 0 aromatic rings. The van der Waals surface area contributed by atoms with Gasteiger partial charge in [0.25, 0.3) is 0 Å². The molecule has 0 aliphatic carbocycles. The summed E-state index contributed by atoms with van der Waals surface area (Å²) >= 11 is 0. The Bertz CT molecular complexity index is 1050. The van der Waals surface area contributed by atoms with Gasteiger partial charge in [-0.3, -0.25) is 9.59 Å². The molecule has 1 amide bonds. The van der Waals surface area contributed by atoms with Crippen LogP contribution in [-0.4, -0.2) is 46.9 Å². The van der Waals surface area contributed by atoms with Crippen LogP contribution in [0.4, 0.5) is 0 Å². The van der Waals surface area contributed by atoms with E-state index in [1.165, 1.54) is 83.5 Å². The average Bonchev–Trinajstić information content (AvgIpc) is 3.22. The van der Waals surface area contributed by atoms with Crippen molar-refractivity contribution in [3.8, 4) is 0 Å². The van der Waals surface area contributed by atoms with E-state index in [1.807, 2.05) is 0 Å². The average molecular weight is 812 g/mol. The molecule has 0 spiro atoms. The Labute approximate surface area is 358 Å². The summed E-state index contributed by atoms with van der Waals surface area (Å²) in [5.74, 6) is -0.504. The topological polar surface area (TPSA) is 95.9 Å². The number of hydrogen-bond acceptors (Lipinski definition) is 5. The van der Waals surface area contributed by atoms with Crippen LogP contribution in [0.1, 0.15) is 233 Å². The minimum absolute atomic E-state index is 0.0612. The van der Waals surface area contributed by atoms with Gasteiger partial charge in [-0.05, 0) is 83.5 Å². The maximum absolute atomic E-state index is 13.2. The van der Waals surface area contributed by atoms with E-state index in [0.717, 1.165) is 103 Å². The molecule has 0 bridgehead atoms. The van der Waals surface area contributed by atoms with Crippen LogP contribution in [0.3, 0.4) is 0 Å². The van der Waals surface area contributed by atoms with Gasteiger partial charge in [0.05, 0.1) is 25.2 Å². The summed E-state index contributed by atoms with van der Waals surface area (Å²) in [7, 11) is 0. The molecule has 3 N–H and O–H groups in total. The first kappa shape index (κ1) is 55.6. The lowest BCUT2D eigenvalue weighted by atomic mass is 10.0. The highest BCUT2D eigenvalue weighted by Crippen LogP contribution is 2.17. The van der Waals surface area contributed by atoms with Crippen LogP contribution >= 0.6 is 0 Å². The zero-order valence-corrected chi connectivity index (χ0v) is 38.2. The predicted octanol–water partition coefficient (Wildman–Crippen LogP) is 14.5. The standard InChI is InChI=1S/C52H93NO5/c1-4-7-10-13-16-19-22-24-25-26-27-30-33-36-39-42-45-52(57)58-48(43-40-37-34-31-29-23-20-17-14-11-8-5-2)46-51(56)53-49(47-54)50(55)44-41-38-35-32-28-21-18-15-12-9-6-3/h7-8,10-11,16-17,19-20,24-25,48-50,54-55H,4-6,9,12-15,18,21-23,26-47H2,1-3H3,(H,53,56)/b10-7+,11-8+,19-16+,20-17+,25-24+. The predicted molar refractivity (Wildman–Crippen MR) is 250 cm³/mol. The summed E-state index contributed by atoms with van der Waals surface area (Å²) in [4.78, 5) is 26.1. The van der Waals surface area contributed by atoms with Gasteiger partial charge in [0, 0.05) is 6.42 Å². The van der Waals surface area contributed by atoms with E-state index in [2.05, 4.69) is 86.8 Å². The minimum atomic E-state index is -0.794. The van der Waals surface area contributed by atoms with Crippen molar-refractivity contribution in [2.45, 2.75) is 251 Å². The third-order valence-corrected chi connectivity index (χ3v) is 10.8. The van der Waals surface area contributed by atoms with Gasteiger partial charge in [-0.1, -0.05) is 197 Å². The quantitative estimate of drug-likeness (QED) is 0.0324. The Morgan fingerprint density at radius 3 is 1.41 bits per heavy atom. The van der Waals surface area contributed by atoms with Crippen molar-refractivity contribution in [3.05, 3.63) is 60.8 Å². The SMILES string of the molecule is CC/C=C/C/C=C/C/C=C/CCCCCCCCC(=O)OC(CCCCCCC/C=C/C/C=C/CC)CC(=O)NC(CO)C(O)CCCCCCCCCCCCC. The molecule has 0 aliphatic rings. The molecule has 6 nitrogen and oxygen atoms in total. The molecule has 0 saturated carbocycles. The van der Waals surface area contributed by atoms with Crippen molar-refractivity contribution in [2.24, 2.45) is 0 Å². The second-order valence-corrected chi connectivity index (χ2v) is 16.4. The first-order valence-corrected chi connectivity index (χ1v) is 24.5. The second kappa shape index (κ2) is 45.6. The van der Waals surface area contributed by atoms with Crippen LogP contribution in [0.2, 0.25) is 0 Å². The summed E-state index contributed by atoms with van der Waals surface area (Å²) in [5.41, 5.74) is 0. The van der Waals surface area contributed by atoms with E-state index in [1.54, 1.807) is 0 Å². The highest BCUT2D eigenvalue weighted by atomic mass is 16.5. The van der Waals surface area contributed by atoms with Crippen LogP contribution in [0, 0.1) is 0 Å². The molecule has 0 aliphatic heterocycles. The Kier molecular flexibility index (Phi) is 43.7. The van der Waals surface area contributed by atoms with Crippen LogP contribution in [0.25, 0.3) is 0 Å². The van der Waals surface area contributed by atoms with E-state index in [-0.39, 0.29) is 24.9 Å². The maximum Gasteiger partial charge on any atom is 0.306 e. The van der Waals surface area contributed by atoms with Gasteiger partial charge < -0.3 is 20.3 Å². The molecular formula is C52H93NO5. The molecule has 3 unspecified atom stereocenters. The van der Waals surface area contributed by atoms with Crippen molar-refractivity contribution in [2.75, 3.05) is 6.61 Å². The molecule has 3 atom stereocenters. The number of carbonyl (C=O) groups is 2. The zero-order valence-electron chi connectivity index (χ0n) is 38.2. The molecule has 58 heavy (non-hydrogen) atoms. The number of carbonyl (C=O) groups excluding carboxylic acids is 2. The van der Waals surface area contributed by atoms with Crippen LogP contribution in [0.15, 0.2) is 60.8 Å². The molecule has 0 radical (unpaired) electrons. The van der Waals surface area contributed by atoms with E-state index < -0.39 is 18.2 Å². The van der Waals surface area contributed by atoms with Gasteiger partial charge in [0.15, 0.2) is 0 Å². The molecule has 6 heteroatoms. The number of ether oxygens (including phenoxy) is 1. The summed E-state index contributed by atoms with van der Waals surface area (Å²) in [5, 5.41) is 23.7. The van der Waals surface area contributed by atoms with Gasteiger partial charge in [-0.2, -0.15) is 0 Å². The number of aliphatic hydroxyl groups is 2. The highest BCUT2D eigenvalue weighted by Gasteiger charge is 2.24. The lowest BCUT2D eigenvalue weighted by Gasteiger charge is -2.24. The fourth-order valence-electron chi connectivity index (χ4n) is 7.19. The molecule has 336 valence electrons. The van der Waals surface area contributed by atoms with Crippen molar-refractivity contribution < 1.29 is 24.5 Å². The fourth-order valence-corrected chi connectivity index (χ4v) is 7.19. The van der Waals surface area contributed by atoms with E-state index in [0.29, 0.717) is 19.3 Å². The summed E-state index contributed by atoms with van der Waals surface area (Å²) in [6.45, 7) is 6.25. The summed E-state index contributed by atoms with van der Waals surface area (Å²) in [6.07, 6.45) is 55.6. The minimum Gasteiger partial charge on any atom is -0.462 e. The Balaban J connectivity index is 4.60. The number of unbranched alkanes of at least 4 members (excludes halogenated alkanes) is 21. The van der Waals surface area contributed by atoms with Crippen LogP contribution in [0.5, 0.6) is 0 Å². The number of esters is 1. The lowest BCUT2D eigenvalue weighted by molar-refractivity contribution is -0.151. The fraction of sp³-hybridized carbons (Fsp3) is 0.769. The number of nitrogens with one attached hydrogen (secondary N) is 1. The molecule has 0 fully saturated rings. The van der Waals surface area contributed by atoms with Gasteiger partial charge in [0.1, 0.15) is 6.10 Å². The summed E-state index contributed by atoms with van der Waals surface area (Å²) < 4.78 is 5.91. The second-order valence-electron chi connectivity index (χ2n) is 16.4. The van der Waals surface area contributed by atoms with Gasteiger partial charge in [-0.15, -0.1) is 0 Å². The van der Waals surface area contributed by atoms with Gasteiger partial charge in [-0.25, -0.2) is 0 Å². The largest absolute Gasteiger partial charge is 0.462 e. The number of hydrogen-bond donors (Lipinski definition) is 3. The van der Waals surface area contributed by atoms with E-state index in [9.17, 15) is 19.8 Å². The van der Waals surface area contributed by atoms with Crippen LogP contribution in [-0.2, 0) is 14.3 Å².